The SMILES string of the molecule is Cc1cc(C)c(N(C)C(=O)CC#N)cc1C. The van der Waals surface area contributed by atoms with Crippen LogP contribution in [0.2, 0.25) is 0 Å². The normalized spacial score (nSPS) is 9.69. The van der Waals surface area contributed by atoms with E-state index in [1.807, 2.05) is 32.9 Å². The van der Waals surface area contributed by atoms with Crippen LogP contribution in [0.25, 0.3) is 0 Å². The Balaban J connectivity index is 3.10. The van der Waals surface area contributed by atoms with Crippen molar-refractivity contribution in [1.82, 2.24) is 0 Å². The molecule has 0 aliphatic rings. The van der Waals surface area contributed by atoms with Gasteiger partial charge < -0.3 is 4.90 Å². The average molecular weight is 216 g/mol. The van der Waals surface area contributed by atoms with Gasteiger partial charge in [-0.3, -0.25) is 4.79 Å². The molecule has 16 heavy (non-hydrogen) atoms. The monoisotopic (exact) mass is 216 g/mol. The molecular weight excluding hydrogens is 200 g/mol. The van der Waals surface area contributed by atoms with Gasteiger partial charge in [0, 0.05) is 12.7 Å². The lowest BCUT2D eigenvalue weighted by Gasteiger charge is -2.19. The number of hydrogen-bond donors (Lipinski definition) is 0. The van der Waals surface area contributed by atoms with Crippen LogP contribution in [-0.4, -0.2) is 13.0 Å². The Morgan fingerprint density at radius 1 is 1.25 bits per heavy atom. The van der Waals surface area contributed by atoms with Gasteiger partial charge in [0.2, 0.25) is 5.91 Å². The Hall–Kier alpha value is -1.82. The topological polar surface area (TPSA) is 44.1 Å². The van der Waals surface area contributed by atoms with E-state index in [1.165, 1.54) is 5.56 Å². The molecule has 0 bridgehead atoms. The molecule has 0 saturated heterocycles. The van der Waals surface area contributed by atoms with Crippen molar-refractivity contribution in [3.63, 3.8) is 0 Å². The second-order valence-electron chi connectivity index (χ2n) is 4.01. The van der Waals surface area contributed by atoms with Gasteiger partial charge in [0.15, 0.2) is 0 Å². The van der Waals surface area contributed by atoms with Gasteiger partial charge in [-0.15, -0.1) is 0 Å². The zero-order valence-electron chi connectivity index (χ0n) is 10.2. The van der Waals surface area contributed by atoms with Crippen molar-refractivity contribution in [2.45, 2.75) is 27.2 Å². The van der Waals surface area contributed by atoms with Crippen LogP contribution in [0, 0.1) is 32.1 Å². The Morgan fingerprint density at radius 2 is 1.81 bits per heavy atom. The molecule has 1 aromatic carbocycles. The first-order chi connectivity index (χ1) is 7.47. The summed E-state index contributed by atoms with van der Waals surface area (Å²) in [5.41, 5.74) is 4.29. The summed E-state index contributed by atoms with van der Waals surface area (Å²) in [5, 5.41) is 8.50. The molecule has 0 N–H and O–H groups in total. The zero-order valence-corrected chi connectivity index (χ0v) is 10.2. The van der Waals surface area contributed by atoms with Crippen molar-refractivity contribution in [1.29, 1.82) is 5.26 Å². The first-order valence-corrected chi connectivity index (χ1v) is 5.18. The Labute approximate surface area is 96.3 Å². The average Bonchev–Trinajstić information content (AvgIpc) is 2.23. The van der Waals surface area contributed by atoms with E-state index < -0.39 is 0 Å². The predicted octanol–water partition coefficient (Wildman–Crippen LogP) is 2.49. The van der Waals surface area contributed by atoms with Crippen molar-refractivity contribution >= 4 is 11.6 Å². The van der Waals surface area contributed by atoms with E-state index in [0.29, 0.717) is 0 Å². The molecule has 0 aliphatic carbocycles. The minimum atomic E-state index is -0.172. The van der Waals surface area contributed by atoms with Crippen LogP contribution in [0.4, 0.5) is 5.69 Å². The molecule has 0 unspecified atom stereocenters. The molecule has 0 atom stereocenters. The van der Waals surface area contributed by atoms with Crippen LogP contribution in [0.3, 0.4) is 0 Å². The summed E-state index contributed by atoms with van der Waals surface area (Å²) in [6, 6.07) is 5.91. The first-order valence-electron chi connectivity index (χ1n) is 5.18. The lowest BCUT2D eigenvalue weighted by molar-refractivity contribution is -0.117. The number of hydrogen-bond acceptors (Lipinski definition) is 2. The number of nitrogens with zero attached hydrogens (tertiary/aromatic N) is 2. The predicted molar refractivity (Wildman–Crippen MR) is 64.3 cm³/mol. The summed E-state index contributed by atoms with van der Waals surface area (Å²) < 4.78 is 0. The number of amides is 1. The smallest absolute Gasteiger partial charge is 0.240 e. The lowest BCUT2D eigenvalue weighted by Crippen LogP contribution is -2.26. The van der Waals surface area contributed by atoms with E-state index >= 15 is 0 Å². The zero-order chi connectivity index (χ0) is 12.3. The Bertz CT molecular complexity index is 458. The molecule has 3 heteroatoms. The third-order valence-corrected chi connectivity index (χ3v) is 2.78. The molecule has 1 rings (SSSR count). The number of rotatable bonds is 2. The van der Waals surface area contributed by atoms with Gasteiger partial charge in [-0.05, 0) is 43.5 Å². The van der Waals surface area contributed by atoms with Crippen LogP contribution >= 0.6 is 0 Å². The van der Waals surface area contributed by atoms with Gasteiger partial charge in [-0.25, -0.2) is 0 Å². The van der Waals surface area contributed by atoms with Gasteiger partial charge in [0.1, 0.15) is 6.42 Å². The number of anilines is 1. The number of nitriles is 1. The summed E-state index contributed by atoms with van der Waals surface area (Å²) in [7, 11) is 1.71. The summed E-state index contributed by atoms with van der Waals surface area (Å²) in [4.78, 5) is 13.1. The molecule has 0 aliphatic heterocycles. The third kappa shape index (κ3) is 2.40. The maximum atomic E-state index is 11.6. The molecule has 0 saturated carbocycles. The molecule has 0 aromatic heterocycles. The summed E-state index contributed by atoms with van der Waals surface area (Å²) in [6.07, 6.45) is -0.0805. The van der Waals surface area contributed by atoms with Crippen molar-refractivity contribution in [2.75, 3.05) is 11.9 Å². The van der Waals surface area contributed by atoms with Crippen molar-refractivity contribution in [2.24, 2.45) is 0 Å². The minimum absolute atomic E-state index is 0.0805. The quantitative estimate of drug-likeness (QED) is 0.762. The van der Waals surface area contributed by atoms with Gasteiger partial charge in [-0.1, -0.05) is 6.07 Å². The summed E-state index contributed by atoms with van der Waals surface area (Å²) in [5.74, 6) is -0.172. The first kappa shape index (κ1) is 12.3. The molecule has 84 valence electrons. The number of aryl methyl sites for hydroxylation is 3. The largest absolute Gasteiger partial charge is 0.314 e. The molecule has 0 fully saturated rings. The van der Waals surface area contributed by atoms with Gasteiger partial charge >= 0.3 is 0 Å². The molecule has 3 nitrogen and oxygen atoms in total. The van der Waals surface area contributed by atoms with Crippen LogP contribution in [-0.2, 0) is 4.79 Å². The number of carbonyl (C=O) groups excluding carboxylic acids is 1. The Morgan fingerprint density at radius 3 is 2.38 bits per heavy atom. The van der Waals surface area contributed by atoms with E-state index in [2.05, 4.69) is 6.07 Å². The third-order valence-electron chi connectivity index (χ3n) is 2.78. The highest BCUT2D eigenvalue weighted by molar-refractivity contribution is 5.94. The molecule has 1 aromatic rings. The van der Waals surface area contributed by atoms with Crippen molar-refractivity contribution in [3.05, 3.63) is 28.8 Å². The van der Waals surface area contributed by atoms with E-state index in [9.17, 15) is 4.79 Å². The molecule has 0 spiro atoms. The van der Waals surface area contributed by atoms with E-state index in [4.69, 9.17) is 5.26 Å². The molecular formula is C13H16N2O. The summed E-state index contributed by atoms with van der Waals surface area (Å²) >= 11 is 0. The fourth-order valence-corrected chi connectivity index (χ4v) is 1.63. The van der Waals surface area contributed by atoms with E-state index in [1.54, 1.807) is 11.9 Å². The highest BCUT2D eigenvalue weighted by Gasteiger charge is 2.13. The highest BCUT2D eigenvalue weighted by atomic mass is 16.2. The fourth-order valence-electron chi connectivity index (χ4n) is 1.63. The lowest BCUT2D eigenvalue weighted by atomic mass is 10.0. The van der Waals surface area contributed by atoms with Gasteiger partial charge in [0.05, 0.1) is 6.07 Å². The van der Waals surface area contributed by atoms with E-state index in [0.717, 1.165) is 16.8 Å². The van der Waals surface area contributed by atoms with Crippen LogP contribution < -0.4 is 4.90 Å². The molecule has 0 heterocycles. The van der Waals surface area contributed by atoms with Crippen molar-refractivity contribution < 1.29 is 4.79 Å². The highest BCUT2D eigenvalue weighted by Crippen LogP contribution is 2.23. The van der Waals surface area contributed by atoms with Crippen molar-refractivity contribution in [3.8, 4) is 6.07 Å². The summed E-state index contributed by atoms with van der Waals surface area (Å²) in [6.45, 7) is 6.03. The Kier molecular flexibility index (Phi) is 3.68. The van der Waals surface area contributed by atoms with Gasteiger partial charge in [-0.2, -0.15) is 5.26 Å². The standard InChI is InChI=1S/C13H16N2O/c1-9-7-11(3)12(8-10(9)2)15(4)13(16)5-6-14/h7-8H,5H2,1-4H3. The van der Waals surface area contributed by atoms with Gasteiger partial charge in [0.25, 0.3) is 0 Å². The minimum Gasteiger partial charge on any atom is -0.314 e. The number of benzene rings is 1. The molecule has 1 amide bonds. The number of carbonyl (C=O) groups is 1. The van der Waals surface area contributed by atoms with E-state index in [-0.39, 0.29) is 12.3 Å². The second kappa shape index (κ2) is 4.80. The van der Waals surface area contributed by atoms with Crippen LogP contribution in [0.15, 0.2) is 12.1 Å². The fraction of sp³-hybridized carbons (Fsp3) is 0.385. The maximum absolute atomic E-state index is 11.6. The van der Waals surface area contributed by atoms with Crippen LogP contribution in [0.5, 0.6) is 0 Å². The molecule has 0 radical (unpaired) electrons. The second-order valence-corrected chi connectivity index (χ2v) is 4.01. The maximum Gasteiger partial charge on any atom is 0.240 e. The van der Waals surface area contributed by atoms with Crippen LogP contribution in [0.1, 0.15) is 23.1 Å².